The van der Waals surface area contributed by atoms with Crippen LogP contribution in [0.5, 0.6) is 0 Å². The van der Waals surface area contributed by atoms with E-state index in [9.17, 15) is 4.79 Å². The highest BCUT2D eigenvalue weighted by Crippen LogP contribution is 2.23. The Kier molecular flexibility index (Phi) is 6.05. The van der Waals surface area contributed by atoms with Gasteiger partial charge in [0.2, 0.25) is 5.91 Å². The molecule has 0 aliphatic heterocycles. The second-order valence-corrected chi connectivity index (χ2v) is 6.76. The molecule has 1 aromatic carbocycles. The summed E-state index contributed by atoms with van der Waals surface area (Å²) in [7, 11) is 0. The summed E-state index contributed by atoms with van der Waals surface area (Å²) in [4.78, 5) is 20.5. The van der Waals surface area contributed by atoms with E-state index in [2.05, 4.69) is 27.4 Å². The van der Waals surface area contributed by atoms with Gasteiger partial charge in [-0.05, 0) is 41.5 Å². The Morgan fingerprint density at radius 1 is 0.933 bits per heavy atom. The van der Waals surface area contributed by atoms with Crippen molar-refractivity contribution in [3.8, 4) is 11.3 Å². The maximum Gasteiger partial charge on any atom is 0.244 e. The van der Waals surface area contributed by atoms with Crippen molar-refractivity contribution in [3.63, 3.8) is 0 Å². The predicted molar refractivity (Wildman–Crippen MR) is 116 cm³/mol. The Hall–Kier alpha value is -4.06. The summed E-state index contributed by atoms with van der Waals surface area (Å²) in [6.07, 6.45) is 12.2. The number of hydrogen-bond donors (Lipinski definition) is 1. The summed E-state index contributed by atoms with van der Waals surface area (Å²) in [6.45, 7) is 1.10. The van der Waals surface area contributed by atoms with E-state index < -0.39 is 0 Å². The van der Waals surface area contributed by atoms with Gasteiger partial charge in [-0.3, -0.25) is 19.4 Å². The summed E-state index contributed by atoms with van der Waals surface area (Å²) >= 11 is 0. The third kappa shape index (κ3) is 5.05. The zero-order valence-electron chi connectivity index (χ0n) is 16.3. The number of rotatable bonds is 7. The van der Waals surface area contributed by atoms with Gasteiger partial charge in [-0.15, -0.1) is 0 Å². The van der Waals surface area contributed by atoms with Crippen molar-refractivity contribution >= 4 is 12.0 Å². The van der Waals surface area contributed by atoms with E-state index in [4.69, 9.17) is 5.10 Å². The lowest BCUT2D eigenvalue weighted by Crippen LogP contribution is -2.20. The molecule has 0 atom stereocenters. The number of pyridine rings is 2. The van der Waals surface area contributed by atoms with Crippen LogP contribution in [0.3, 0.4) is 0 Å². The average molecular weight is 395 g/mol. The van der Waals surface area contributed by atoms with Crippen LogP contribution in [0.1, 0.15) is 16.7 Å². The molecule has 0 unspecified atom stereocenters. The van der Waals surface area contributed by atoms with Gasteiger partial charge in [0.25, 0.3) is 0 Å². The van der Waals surface area contributed by atoms with E-state index in [0.29, 0.717) is 13.1 Å². The first-order chi connectivity index (χ1) is 14.8. The molecule has 148 valence electrons. The van der Waals surface area contributed by atoms with Gasteiger partial charge in [0.05, 0.1) is 6.54 Å². The van der Waals surface area contributed by atoms with Crippen molar-refractivity contribution in [2.75, 3.05) is 0 Å². The molecule has 30 heavy (non-hydrogen) atoms. The zero-order valence-corrected chi connectivity index (χ0v) is 16.3. The number of nitrogens with one attached hydrogen (secondary N) is 1. The van der Waals surface area contributed by atoms with Gasteiger partial charge >= 0.3 is 0 Å². The van der Waals surface area contributed by atoms with Gasteiger partial charge in [0.15, 0.2) is 0 Å². The van der Waals surface area contributed by atoms with Gasteiger partial charge in [0, 0.05) is 54.7 Å². The highest BCUT2D eigenvalue weighted by Gasteiger charge is 2.10. The number of carbonyl (C=O) groups excluding carboxylic acids is 1. The van der Waals surface area contributed by atoms with E-state index >= 15 is 0 Å². The third-order valence-corrected chi connectivity index (χ3v) is 4.54. The lowest BCUT2D eigenvalue weighted by molar-refractivity contribution is -0.116. The molecule has 3 aromatic heterocycles. The molecular weight excluding hydrogens is 374 g/mol. The molecule has 1 amide bonds. The predicted octanol–water partition coefficient (Wildman–Crippen LogP) is 3.72. The Morgan fingerprint density at radius 2 is 1.77 bits per heavy atom. The molecule has 0 bridgehead atoms. The molecule has 0 aliphatic carbocycles. The number of hydrogen-bond acceptors (Lipinski definition) is 4. The molecule has 6 nitrogen and oxygen atoms in total. The normalized spacial score (nSPS) is 10.9. The zero-order chi connectivity index (χ0) is 20.6. The fraction of sp³-hybridized carbons (Fsp3) is 0.0833. The van der Waals surface area contributed by atoms with Crippen molar-refractivity contribution in [1.29, 1.82) is 0 Å². The first-order valence-corrected chi connectivity index (χ1v) is 9.64. The Labute approximate surface area is 174 Å². The maximum absolute atomic E-state index is 12.3. The SMILES string of the molecule is O=C(C=Cc1cn(Cc2ccccc2)nc1-c1cccnc1)NCc1ccncc1. The van der Waals surface area contributed by atoms with Crippen molar-refractivity contribution in [1.82, 2.24) is 25.1 Å². The first kappa shape index (κ1) is 19.3. The van der Waals surface area contributed by atoms with Gasteiger partial charge in [-0.25, -0.2) is 0 Å². The third-order valence-electron chi connectivity index (χ3n) is 4.54. The minimum absolute atomic E-state index is 0.167. The highest BCUT2D eigenvalue weighted by molar-refractivity contribution is 5.92. The molecule has 4 rings (SSSR count). The molecule has 0 saturated heterocycles. The van der Waals surface area contributed by atoms with Crippen molar-refractivity contribution in [3.05, 3.63) is 108 Å². The van der Waals surface area contributed by atoms with E-state index in [-0.39, 0.29) is 5.91 Å². The van der Waals surface area contributed by atoms with E-state index in [1.54, 1.807) is 30.9 Å². The van der Waals surface area contributed by atoms with Crippen molar-refractivity contribution in [2.24, 2.45) is 0 Å². The maximum atomic E-state index is 12.3. The van der Waals surface area contributed by atoms with Crippen molar-refractivity contribution in [2.45, 2.75) is 13.1 Å². The standard InChI is InChI=1S/C24H21N5O/c30-23(27-15-19-10-13-25-14-11-19)9-8-22-18-29(17-20-5-2-1-3-6-20)28-24(22)21-7-4-12-26-16-21/h1-14,16,18H,15,17H2,(H,27,30). The molecule has 3 heterocycles. The minimum Gasteiger partial charge on any atom is -0.348 e. The van der Waals surface area contributed by atoms with Crippen molar-refractivity contribution < 1.29 is 4.79 Å². The second-order valence-electron chi connectivity index (χ2n) is 6.76. The lowest BCUT2D eigenvalue weighted by atomic mass is 10.1. The van der Waals surface area contributed by atoms with Crippen LogP contribution in [0, 0.1) is 0 Å². The summed E-state index contributed by atoms with van der Waals surface area (Å²) < 4.78 is 1.88. The number of carbonyl (C=O) groups is 1. The minimum atomic E-state index is -0.167. The first-order valence-electron chi connectivity index (χ1n) is 9.64. The Balaban J connectivity index is 1.53. The Morgan fingerprint density at radius 3 is 2.53 bits per heavy atom. The lowest BCUT2D eigenvalue weighted by Gasteiger charge is -2.01. The molecule has 0 saturated carbocycles. The molecule has 6 heteroatoms. The summed E-state index contributed by atoms with van der Waals surface area (Å²) in [5, 5.41) is 7.62. The van der Waals surface area contributed by atoms with E-state index in [0.717, 1.165) is 27.9 Å². The van der Waals surface area contributed by atoms with Crippen LogP contribution in [0.25, 0.3) is 17.3 Å². The van der Waals surface area contributed by atoms with Crippen LogP contribution in [-0.4, -0.2) is 25.7 Å². The van der Waals surface area contributed by atoms with Crippen LogP contribution in [-0.2, 0) is 17.9 Å². The summed E-state index contributed by atoms with van der Waals surface area (Å²) in [6, 6.07) is 17.7. The molecule has 1 N–H and O–H groups in total. The largest absolute Gasteiger partial charge is 0.348 e. The van der Waals surface area contributed by atoms with Gasteiger partial charge < -0.3 is 5.32 Å². The fourth-order valence-electron chi connectivity index (χ4n) is 3.05. The summed E-state index contributed by atoms with van der Waals surface area (Å²) in [5.41, 5.74) is 4.71. The average Bonchev–Trinajstić information content (AvgIpc) is 3.21. The van der Waals surface area contributed by atoms with Gasteiger partial charge in [-0.2, -0.15) is 5.10 Å². The second kappa shape index (κ2) is 9.43. The Bertz CT molecular complexity index is 1120. The summed E-state index contributed by atoms with van der Waals surface area (Å²) in [5.74, 6) is -0.167. The molecule has 4 aromatic rings. The number of benzene rings is 1. The van der Waals surface area contributed by atoms with Crippen LogP contribution in [0.2, 0.25) is 0 Å². The highest BCUT2D eigenvalue weighted by atomic mass is 16.1. The van der Waals surface area contributed by atoms with Crippen LogP contribution >= 0.6 is 0 Å². The van der Waals surface area contributed by atoms with E-state index in [1.165, 1.54) is 6.08 Å². The molecule has 0 aliphatic rings. The molecule has 0 fully saturated rings. The molecule has 0 spiro atoms. The van der Waals surface area contributed by atoms with E-state index in [1.807, 2.05) is 53.3 Å². The monoisotopic (exact) mass is 395 g/mol. The van der Waals surface area contributed by atoms with Crippen LogP contribution in [0.4, 0.5) is 0 Å². The number of amides is 1. The molecular formula is C24H21N5O. The topological polar surface area (TPSA) is 72.7 Å². The van der Waals surface area contributed by atoms with Gasteiger partial charge in [-0.1, -0.05) is 30.3 Å². The number of aromatic nitrogens is 4. The van der Waals surface area contributed by atoms with Crippen LogP contribution in [0.15, 0.2) is 91.7 Å². The fourth-order valence-corrected chi connectivity index (χ4v) is 3.05. The van der Waals surface area contributed by atoms with Crippen LogP contribution < -0.4 is 5.32 Å². The number of nitrogens with zero attached hydrogens (tertiary/aromatic N) is 4. The smallest absolute Gasteiger partial charge is 0.244 e. The molecule has 0 radical (unpaired) electrons. The quantitative estimate of drug-likeness (QED) is 0.484. The van der Waals surface area contributed by atoms with Gasteiger partial charge in [0.1, 0.15) is 5.69 Å².